The van der Waals surface area contributed by atoms with Gasteiger partial charge in [-0.05, 0) is 31.0 Å². The molecule has 1 atom stereocenters. The lowest BCUT2D eigenvalue weighted by molar-refractivity contribution is -0.132. The van der Waals surface area contributed by atoms with Gasteiger partial charge in [0.2, 0.25) is 12.3 Å². The van der Waals surface area contributed by atoms with Gasteiger partial charge in [0.05, 0.1) is 24.2 Å². The highest BCUT2D eigenvalue weighted by atomic mass is 16.2. The summed E-state index contributed by atoms with van der Waals surface area (Å²) < 4.78 is 0. The van der Waals surface area contributed by atoms with Crippen LogP contribution in [0.4, 0.5) is 5.69 Å². The van der Waals surface area contributed by atoms with Gasteiger partial charge in [-0.1, -0.05) is 26.0 Å². The Morgan fingerprint density at radius 2 is 2.04 bits per heavy atom. The number of hydrogen-bond acceptors (Lipinski definition) is 4. The predicted molar refractivity (Wildman–Crippen MR) is 99.0 cm³/mol. The van der Waals surface area contributed by atoms with E-state index in [2.05, 4.69) is 10.6 Å². The monoisotopic (exact) mass is 356 g/mol. The van der Waals surface area contributed by atoms with Crippen LogP contribution in [0.5, 0.6) is 0 Å². The van der Waals surface area contributed by atoms with Crippen LogP contribution in [0.2, 0.25) is 0 Å². The standard InChI is InChI=1S/C19H24N4O3/c1-13(2)17(23(4)18(25)11-21-12-24)8-14(3)19(26)22-16-7-5-6-15(9-16)10-20/h5-9,12-13,17H,11H2,1-4H3,(H,21,24)(H,22,26)/t17-/m1/s1. The summed E-state index contributed by atoms with van der Waals surface area (Å²) in [6, 6.07) is 8.36. The van der Waals surface area contributed by atoms with Gasteiger partial charge >= 0.3 is 0 Å². The zero-order chi connectivity index (χ0) is 19.7. The highest BCUT2D eigenvalue weighted by molar-refractivity contribution is 6.03. The predicted octanol–water partition coefficient (Wildman–Crippen LogP) is 1.67. The Kier molecular flexibility index (Phi) is 8.03. The quantitative estimate of drug-likeness (QED) is 0.546. The van der Waals surface area contributed by atoms with E-state index in [4.69, 9.17) is 5.26 Å². The first-order chi connectivity index (χ1) is 12.3. The van der Waals surface area contributed by atoms with Crippen LogP contribution in [0, 0.1) is 17.2 Å². The van der Waals surface area contributed by atoms with E-state index in [-0.39, 0.29) is 30.3 Å². The second-order valence-corrected chi connectivity index (χ2v) is 6.23. The fraction of sp³-hybridized carbons (Fsp3) is 0.368. The second-order valence-electron chi connectivity index (χ2n) is 6.23. The molecule has 2 N–H and O–H groups in total. The van der Waals surface area contributed by atoms with Crippen molar-refractivity contribution in [3.05, 3.63) is 41.5 Å². The number of amides is 3. The summed E-state index contributed by atoms with van der Waals surface area (Å²) in [6.45, 7) is 5.46. The number of benzene rings is 1. The Bertz CT molecular complexity index is 735. The molecule has 0 radical (unpaired) electrons. The number of carbonyl (C=O) groups is 3. The van der Waals surface area contributed by atoms with E-state index in [0.29, 0.717) is 23.2 Å². The van der Waals surface area contributed by atoms with E-state index >= 15 is 0 Å². The summed E-state index contributed by atoms with van der Waals surface area (Å²) >= 11 is 0. The molecule has 7 heteroatoms. The van der Waals surface area contributed by atoms with E-state index in [1.807, 2.05) is 19.9 Å². The maximum Gasteiger partial charge on any atom is 0.251 e. The van der Waals surface area contributed by atoms with Crippen LogP contribution in [0.1, 0.15) is 26.3 Å². The lowest BCUT2D eigenvalue weighted by Crippen LogP contribution is -2.43. The molecular formula is C19H24N4O3. The summed E-state index contributed by atoms with van der Waals surface area (Å²) in [5.74, 6) is -0.482. The molecule has 26 heavy (non-hydrogen) atoms. The maximum absolute atomic E-state index is 12.4. The molecule has 0 heterocycles. The zero-order valence-electron chi connectivity index (χ0n) is 15.4. The average molecular weight is 356 g/mol. The molecule has 0 unspecified atom stereocenters. The largest absolute Gasteiger partial charge is 0.350 e. The topological polar surface area (TPSA) is 102 Å². The molecule has 0 aliphatic carbocycles. The van der Waals surface area contributed by atoms with Crippen LogP contribution >= 0.6 is 0 Å². The molecule has 1 rings (SSSR count). The smallest absolute Gasteiger partial charge is 0.251 e. The van der Waals surface area contributed by atoms with Crippen molar-refractivity contribution in [2.24, 2.45) is 5.92 Å². The Labute approximate surface area is 153 Å². The molecule has 1 aromatic carbocycles. The first-order valence-electron chi connectivity index (χ1n) is 8.22. The van der Waals surface area contributed by atoms with Crippen molar-refractivity contribution in [1.82, 2.24) is 10.2 Å². The van der Waals surface area contributed by atoms with Crippen LogP contribution in [-0.2, 0) is 14.4 Å². The van der Waals surface area contributed by atoms with Crippen molar-refractivity contribution in [3.8, 4) is 6.07 Å². The number of nitrogens with one attached hydrogen (secondary N) is 2. The molecular weight excluding hydrogens is 332 g/mol. The van der Waals surface area contributed by atoms with Crippen LogP contribution < -0.4 is 10.6 Å². The summed E-state index contributed by atoms with van der Waals surface area (Å²) in [5, 5.41) is 14.0. The Balaban J connectivity index is 2.91. The first-order valence-corrected chi connectivity index (χ1v) is 8.22. The van der Waals surface area contributed by atoms with Crippen LogP contribution in [0.15, 0.2) is 35.9 Å². The van der Waals surface area contributed by atoms with Crippen molar-refractivity contribution in [2.75, 3.05) is 18.9 Å². The lowest BCUT2D eigenvalue weighted by Gasteiger charge is -2.29. The SMILES string of the molecule is CC(=C[C@H](C(C)C)N(C)C(=O)CNC=O)C(=O)Nc1cccc(C#N)c1. The van der Waals surface area contributed by atoms with Crippen molar-refractivity contribution in [3.63, 3.8) is 0 Å². The van der Waals surface area contributed by atoms with Crippen molar-refractivity contribution in [2.45, 2.75) is 26.8 Å². The fourth-order valence-corrected chi connectivity index (χ4v) is 2.40. The molecule has 0 saturated carbocycles. The van der Waals surface area contributed by atoms with Crippen molar-refractivity contribution >= 4 is 23.9 Å². The van der Waals surface area contributed by atoms with Gasteiger partial charge < -0.3 is 15.5 Å². The van der Waals surface area contributed by atoms with Gasteiger partial charge in [-0.15, -0.1) is 0 Å². The van der Waals surface area contributed by atoms with Crippen molar-refractivity contribution in [1.29, 1.82) is 5.26 Å². The summed E-state index contributed by atoms with van der Waals surface area (Å²) in [6.07, 6.45) is 2.20. The van der Waals surface area contributed by atoms with Gasteiger partial charge in [0.1, 0.15) is 0 Å². The molecule has 0 bridgehead atoms. The van der Waals surface area contributed by atoms with E-state index in [1.165, 1.54) is 4.90 Å². The van der Waals surface area contributed by atoms with Gasteiger partial charge in [0.25, 0.3) is 5.91 Å². The summed E-state index contributed by atoms with van der Waals surface area (Å²) in [5.41, 5.74) is 1.44. The lowest BCUT2D eigenvalue weighted by atomic mass is 9.99. The molecule has 1 aromatic rings. The number of carbonyl (C=O) groups excluding carboxylic acids is 3. The first kappa shape index (κ1) is 20.9. The normalized spacial score (nSPS) is 12.1. The third kappa shape index (κ3) is 6.06. The Morgan fingerprint density at radius 1 is 1.35 bits per heavy atom. The van der Waals surface area contributed by atoms with Gasteiger partial charge in [0.15, 0.2) is 0 Å². The van der Waals surface area contributed by atoms with Gasteiger partial charge in [-0.25, -0.2) is 0 Å². The number of likely N-dealkylation sites (N-methyl/N-ethyl adjacent to an activating group) is 1. The van der Waals surface area contributed by atoms with Gasteiger partial charge in [-0.3, -0.25) is 14.4 Å². The minimum Gasteiger partial charge on any atom is -0.350 e. The molecule has 3 amide bonds. The van der Waals surface area contributed by atoms with Crippen LogP contribution in [0.25, 0.3) is 0 Å². The maximum atomic E-state index is 12.4. The minimum atomic E-state index is -0.308. The zero-order valence-corrected chi connectivity index (χ0v) is 15.4. The molecule has 7 nitrogen and oxygen atoms in total. The molecule has 0 aliphatic rings. The van der Waals surface area contributed by atoms with E-state index in [1.54, 1.807) is 44.3 Å². The van der Waals surface area contributed by atoms with Crippen molar-refractivity contribution < 1.29 is 14.4 Å². The van der Waals surface area contributed by atoms with Gasteiger partial charge in [-0.2, -0.15) is 5.26 Å². The Morgan fingerprint density at radius 3 is 2.62 bits per heavy atom. The van der Waals surface area contributed by atoms with E-state index in [0.717, 1.165) is 0 Å². The highest BCUT2D eigenvalue weighted by Crippen LogP contribution is 2.15. The summed E-state index contributed by atoms with van der Waals surface area (Å²) in [4.78, 5) is 36.4. The fourth-order valence-electron chi connectivity index (χ4n) is 2.40. The van der Waals surface area contributed by atoms with E-state index < -0.39 is 0 Å². The van der Waals surface area contributed by atoms with Crippen LogP contribution in [0.3, 0.4) is 0 Å². The molecule has 0 aromatic heterocycles. The molecule has 0 saturated heterocycles. The molecule has 0 aliphatic heterocycles. The number of anilines is 1. The third-order valence-corrected chi connectivity index (χ3v) is 3.89. The summed E-state index contributed by atoms with van der Waals surface area (Å²) in [7, 11) is 1.64. The second kappa shape index (κ2) is 9.99. The highest BCUT2D eigenvalue weighted by Gasteiger charge is 2.22. The number of nitriles is 1. The van der Waals surface area contributed by atoms with Gasteiger partial charge in [0, 0.05) is 18.3 Å². The number of rotatable bonds is 8. The average Bonchev–Trinajstić information content (AvgIpc) is 2.63. The Hall–Kier alpha value is -3.14. The third-order valence-electron chi connectivity index (χ3n) is 3.89. The minimum absolute atomic E-state index is 0.0739. The molecule has 138 valence electrons. The molecule has 0 spiro atoms. The molecule has 0 fully saturated rings. The number of nitrogens with zero attached hydrogens (tertiary/aromatic N) is 2. The van der Waals surface area contributed by atoms with Crippen LogP contribution in [-0.4, -0.2) is 42.8 Å². The number of hydrogen-bond donors (Lipinski definition) is 2. The van der Waals surface area contributed by atoms with E-state index in [9.17, 15) is 14.4 Å².